The molecule has 0 radical (unpaired) electrons. The predicted molar refractivity (Wildman–Crippen MR) is 69.9 cm³/mol. The van der Waals surface area contributed by atoms with Crippen LogP contribution in [0.1, 0.15) is 40.5 Å². The second kappa shape index (κ2) is 4.81. The summed E-state index contributed by atoms with van der Waals surface area (Å²) >= 11 is 0. The topological polar surface area (TPSA) is 69.7 Å². The van der Waals surface area contributed by atoms with Crippen LogP contribution in [0.5, 0.6) is 0 Å². The van der Waals surface area contributed by atoms with Crippen LogP contribution >= 0.6 is 0 Å². The maximum Gasteiger partial charge on any atom is 0.334 e. The second-order valence-corrected chi connectivity index (χ2v) is 5.51. The van der Waals surface area contributed by atoms with Gasteiger partial charge in [-0.25, -0.2) is 4.79 Å². The minimum atomic E-state index is -0.585. The van der Waals surface area contributed by atoms with Crippen LogP contribution in [0, 0.1) is 5.21 Å². The van der Waals surface area contributed by atoms with Crippen LogP contribution in [-0.2, 0) is 14.3 Å². The number of amides is 1. The van der Waals surface area contributed by atoms with E-state index >= 15 is 0 Å². The smallest absolute Gasteiger partial charge is 0.334 e. The molecule has 0 saturated carbocycles. The number of rotatable bonds is 1. The van der Waals surface area contributed by atoms with Gasteiger partial charge in [-0.3, -0.25) is 4.79 Å². The van der Waals surface area contributed by atoms with Gasteiger partial charge in [-0.15, -0.1) is 0 Å². The van der Waals surface area contributed by atoms with E-state index in [1.165, 1.54) is 0 Å². The second-order valence-electron chi connectivity index (χ2n) is 5.51. The van der Waals surface area contributed by atoms with Crippen molar-refractivity contribution in [3.8, 4) is 0 Å². The third-order valence-corrected chi connectivity index (χ3v) is 3.72. The molecule has 2 rings (SSSR count). The van der Waals surface area contributed by atoms with E-state index in [-0.39, 0.29) is 5.97 Å². The Morgan fingerprint density at radius 3 is 2.11 bits per heavy atom. The first kappa shape index (κ1) is 13.8. The molecule has 2 aliphatic rings. The van der Waals surface area contributed by atoms with Crippen molar-refractivity contribution in [2.75, 3.05) is 0 Å². The highest BCUT2D eigenvalue weighted by atomic mass is 16.6. The van der Waals surface area contributed by atoms with E-state index in [1.54, 1.807) is 0 Å². The molecule has 0 aromatic rings. The Balaban J connectivity index is 2.22. The molecule has 0 aromatic carbocycles. The lowest BCUT2D eigenvalue weighted by Crippen LogP contribution is -2.37. The summed E-state index contributed by atoms with van der Waals surface area (Å²) in [6.45, 7) is 7.31. The van der Waals surface area contributed by atoms with Crippen molar-refractivity contribution in [2.24, 2.45) is 0 Å². The molecule has 0 spiro atoms. The van der Waals surface area contributed by atoms with Crippen molar-refractivity contribution >= 4 is 11.9 Å². The largest absolute Gasteiger partial charge is 0.756 e. The van der Waals surface area contributed by atoms with Crippen molar-refractivity contribution in [3.63, 3.8) is 0 Å². The van der Waals surface area contributed by atoms with Gasteiger partial charge in [-0.05, 0) is 27.7 Å². The monoisotopic (exact) mass is 264 g/mol. The fourth-order valence-electron chi connectivity index (χ4n) is 2.52. The van der Waals surface area contributed by atoms with E-state index in [9.17, 15) is 14.8 Å². The van der Waals surface area contributed by atoms with Gasteiger partial charge < -0.3 is 15.0 Å². The normalized spacial score (nSPS) is 27.1. The third kappa shape index (κ3) is 2.30. The van der Waals surface area contributed by atoms with Gasteiger partial charge in [0.1, 0.15) is 6.10 Å². The highest BCUT2D eigenvalue weighted by molar-refractivity contribution is 5.97. The van der Waals surface area contributed by atoms with E-state index in [0.717, 1.165) is 11.1 Å². The Kier molecular flexibility index (Phi) is 3.49. The summed E-state index contributed by atoms with van der Waals surface area (Å²) in [5.41, 5.74) is 2.91. The van der Waals surface area contributed by atoms with Gasteiger partial charge in [0, 0.05) is 24.0 Å². The Hall–Kier alpha value is -1.62. The van der Waals surface area contributed by atoms with Crippen LogP contribution in [-0.4, -0.2) is 29.1 Å². The standard InChI is InChI=1S/C14H18NO4/c1-7(2)9-5-11(15(18)13(9)16)12-6-10(8(3)4)14(17)19-12/h11-12H,5-6H2,1-4H3/q-1/t11-,12-/m0/s1. The molecule has 0 unspecified atom stereocenters. The summed E-state index contributed by atoms with van der Waals surface area (Å²) < 4.78 is 5.25. The zero-order valence-corrected chi connectivity index (χ0v) is 11.6. The van der Waals surface area contributed by atoms with Crippen molar-refractivity contribution in [3.05, 3.63) is 27.5 Å². The number of carbonyl (C=O) groups is 2. The molecule has 2 fully saturated rings. The van der Waals surface area contributed by atoms with E-state index < -0.39 is 18.1 Å². The molecule has 104 valence electrons. The zero-order valence-electron chi connectivity index (χ0n) is 11.6. The van der Waals surface area contributed by atoms with Gasteiger partial charge in [0.25, 0.3) is 0 Å². The van der Waals surface area contributed by atoms with E-state index in [4.69, 9.17) is 4.74 Å². The molecule has 0 aliphatic carbocycles. The maximum absolute atomic E-state index is 11.9. The number of allylic oxidation sites excluding steroid dienone is 2. The Bertz CT molecular complexity index is 496. The quantitative estimate of drug-likeness (QED) is 0.537. The number of hydrogen-bond acceptors (Lipinski definition) is 4. The number of nitrogens with zero attached hydrogens (tertiary/aromatic N) is 1. The average Bonchev–Trinajstić information content (AvgIpc) is 2.82. The molecule has 19 heavy (non-hydrogen) atoms. The SMILES string of the molecule is CC(C)=C1C[C@@H]([C@@H]2CC(=C(C)C)C(=O)N2[O-])OC1=O. The molecule has 0 bridgehead atoms. The van der Waals surface area contributed by atoms with Gasteiger partial charge in [0.05, 0.1) is 6.04 Å². The van der Waals surface area contributed by atoms with Crippen LogP contribution < -0.4 is 0 Å². The third-order valence-electron chi connectivity index (χ3n) is 3.72. The van der Waals surface area contributed by atoms with E-state index in [2.05, 4.69) is 0 Å². The van der Waals surface area contributed by atoms with Crippen molar-refractivity contribution in [1.29, 1.82) is 0 Å². The van der Waals surface area contributed by atoms with Gasteiger partial charge in [0.2, 0.25) is 5.91 Å². The van der Waals surface area contributed by atoms with Crippen molar-refractivity contribution in [2.45, 2.75) is 52.7 Å². The van der Waals surface area contributed by atoms with Gasteiger partial charge in [-0.1, -0.05) is 11.1 Å². The molecule has 2 atom stereocenters. The molecule has 1 amide bonds. The summed E-state index contributed by atoms with van der Waals surface area (Å²) in [6.07, 6.45) is 0.253. The first-order valence-electron chi connectivity index (χ1n) is 6.37. The molecular weight excluding hydrogens is 246 g/mol. The van der Waals surface area contributed by atoms with Crippen molar-refractivity contribution in [1.82, 2.24) is 5.06 Å². The lowest BCUT2D eigenvalue weighted by molar-refractivity contribution is -0.142. The lowest BCUT2D eigenvalue weighted by atomic mass is 9.99. The summed E-state index contributed by atoms with van der Waals surface area (Å²) in [5, 5.41) is 12.4. The van der Waals surface area contributed by atoms with Crippen LogP contribution in [0.3, 0.4) is 0 Å². The molecular formula is C14H18NO4-. The first-order chi connectivity index (χ1) is 8.82. The Morgan fingerprint density at radius 1 is 1.11 bits per heavy atom. The van der Waals surface area contributed by atoms with Gasteiger partial charge in [0.15, 0.2) is 0 Å². The fourth-order valence-corrected chi connectivity index (χ4v) is 2.52. The highest BCUT2D eigenvalue weighted by Gasteiger charge is 2.42. The molecule has 2 aliphatic heterocycles. The number of hydroxylamine groups is 2. The first-order valence-corrected chi connectivity index (χ1v) is 6.37. The number of cyclic esters (lactones) is 1. The zero-order chi connectivity index (χ0) is 14.3. The molecule has 2 heterocycles. The Morgan fingerprint density at radius 2 is 1.68 bits per heavy atom. The maximum atomic E-state index is 11.9. The van der Waals surface area contributed by atoms with Crippen molar-refractivity contribution < 1.29 is 14.3 Å². The van der Waals surface area contributed by atoms with Gasteiger partial charge in [-0.2, -0.15) is 0 Å². The van der Waals surface area contributed by atoms with Crippen LogP contribution in [0.15, 0.2) is 22.3 Å². The molecule has 2 saturated heterocycles. The van der Waals surface area contributed by atoms with E-state index in [0.29, 0.717) is 29.1 Å². The summed E-state index contributed by atoms with van der Waals surface area (Å²) in [7, 11) is 0. The number of ether oxygens (including phenoxy) is 1. The van der Waals surface area contributed by atoms with Crippen LogP contribution in [0.2, 0.25) is 0 Å². The fraction of sp³-hybridized carbons (Fsp3) is 0.571. The average molecular weight is 264 g/mol. The molecule has 5 nitrogen and oxygen atoms in total. The predicted octanol–water partition coefficient (Wildman–Crippen LogP) is 2.07. The minimum Gasteiger partial charge on any atom is -0.756 e. The summed E-state index contributed by atoms with van der Waals surface area (Å²) in [6, 6.07) is -0.585. The van der Waals surface area contributed by atoms with E-state index in [1.807, 2.05) is 27.7 Å². The van der Waals surface area contributed by atoms with Crippen LogP contribution in [0.25, 0.3) is 0 Å². The summed E-state index contributed by atoms with van der Waals surface area (Å²) in [4.78, 5) is 23.5. The molecule has 5 heteroatoms. The highest BCUT2D eigenvalue weighted by Crippen LogP contribution is 2.35. The number of carbonyl (C=O) groups excluding carboxylic acids is 2. The minimum absolute atomic E-state index is 0.360. The summed E-state index contributed by atoms with van der Waals surface area (Å²) in [5.74, 6) is -0.858. The van der Waals surface area contributed by atoms with Gasteiger partial charge >= 0.3 is 5.97 Å². The number of esters is 1. The molecule has 0 N–H and O–H groups in total. The number of hydrogen-bond donors (Lipinski definition) is 0. The Labute approximate surface area is 112 Å². The lowest BCUT2D eigenvalue weighted by Gasteiger charge is -2.32. The van der Waals surface area contributed by atoms with Crippen LogP contribution in [0.4, 0.5) is 0 Å². The molecule has 0 aromatic heterocycles.